The molecule has 0 aromatic heterocycles. The van der Waals surface area contributed by atoms with Gasteiger partial charge in [-0.05, 0) is 32.1 Å². The topological polar surface area (TPSA) is 111 Å². The summed E-state index contributed by atoms with van der Waals surface area (Å²) in [5.74, 6) is -0.882. The summed E-state index contributed by atoms with van der Waals surface area (Å²) in [7, 11) is 1.13. The first-order chi connectivity index (χ1) is 24.5. The van der Waals surface area contributed by atoms with Crippen LogP contribution in [0.3, 0.4) is 0 Å². The molecule has 0 radical (unpaired) electrons. The Morgan fingerprint density at radius 1 is 0.627 bits per heavy atom. The van der Waals surface area contributed by atoms with Crippen LogP contribution in [-0.4, -0.2) is 70.0 Å². The van der Waals surface area contributed by atoms with Crippen molar-refractivity contribution < 1.29 is 42.1 Å². The van der Waals surface area contributed by atoms with Crippen LogP contribution in [-0.2, 0) is 32.7 Å². The fraction of sp³-hybridized carbons (Fsp3) is 0.756. The molecule has 0 aliphatic rings. The van der Waals surface area contributed by atoms with Crippen LogP contribution >= 0.6 is 7.82 Å². The highest BCUT2D eigenvalue weighted by Crippen LogP contribution is 2.38. The molecule has 51 heavy (non-hydrogen) atoms. The van der Waals surface area contributed by atoms with Crippen molar-refractivity contribution in [2.24, 2.45) is 0 Å². The molecule has 9 nitrogen and oxygen atoms in total. The second-order valence-electron chi connectivity index (χ2n) is 14.4. The fourth-order valence-corrected chi connectivity index (χ4v) is 5.80. The zero-order valence-electron chi connectivity index (χ0n) is 33.0. The molecule has 0 amide bonds. The highest BCUT2D eigenvalue weighted by atomic mass is 31.2. The molecular weight excluding hydrogens is 665 g/mol. The summed E-state index contributed by atoms with van der Waals surface area (Å²) < 4.78 is 33.7. The van der Waals surface area contributed by atoms with E-state index in [9.17, 15) is 19.0 Å². The normalized spacial score (nSPS) is 14.2. The molecule has 2 atom stereocenters. The van der Waals surface area contributed by atoms with Crippen LogP contribution in [0.5, 0.6) is 0 Å². The van der Waals surface area contributed by atoms with Crippen molar-refractivity contribution in [1.82, 2.24) is 0 Å². The molecule has 0 fully saturated rings. The van der Waals surface area contributed by atoms with Gasteiger partial charge in [-0.25, -0.2) is 0 Å². The maximum absolute atomic E-state index is 12.6. The van der Waals surface area contributed by atoms with E-state index in [1.54, 1.807) is 0 Å². The molecule has 0 aliphatic heterocycles. The zero-order chi connectivity index (χ0) is 37.9. The van der Waals surface area contributed by atoms with E-state index < -0.39 is 32.5 Å². The van der Waals surface area contributed by atoms with E-state index in [2.05, 4.69) is 26.0 Å². The van der Waals surface area contributed by atoms with Gasteiger partial charge in [0.25, 0.3) is 7.82 Å². The van der Waals surface area contributed by atoms with E-state index >= 15 is 0 Å². The number of likely N-dealkylation sites (N-methyl/N-ethyl adjacent to an activating group) is 1. The van der Waals surface area contributed by atoms with Crippen molar-refractivity contribution in [3.8, 4) is 0 Å². The summed E-state index contributed by atoms with van der Waals surface area (Å²) in [5, 5.41) is 0. The van der Waals surface area contributed by atoms with E-state index in [1.165, 1.54) is 70.6 Å². The van der Waals surface area contributed by atoms with Gasteiger partial charge in [0.2, 0.25) is 0 Å². The third-order valence-electron chi connectivity index (χ3n) is 8.21. The van der Waals surface area contributed by atoms with Crippen LogP contribution in [0.25, 0.3) is 0 Å². The Labute approximate surface area is 312 Å². The monoisotopic (exact) mass is 740 g/mol. The number of nitrogens with zero attached hydrogens (tertiary/aromatic N) is 1. The molecule has 0 spiro atoms. The average molecular weight is 740 g/mol. The van der Waals surface area contributed by atoms with Gasteiger partial charge in [0.05, 0.1) is 27.7 Å². The van der Waals surface area contributed by atoms with Crippen LogP contribution in [0.2, 0.25) is 0 Å². The molecule has 0 N–H and O–H groups in total. The molecule has 0 saturated carbocycles. The van der Waals surface area contributed by atoms with Crippen molar-refractivity contribution in [3.05, 3.63) is 48.6 Å². The minimum Gasteiger partial charge on any atom is -0.756 e. The smallest absolute Gasteiger partial charge is 0.306 e. The second kappa shape index (κ2) is 33.8. The Kier molecular flexibility index (Phi) is 32.4. The first kappa shape index (κ1) is 49.0. The molecular formula is C41H74NO8P. The minimum atomic E-state index is -4.63. The second-order valence-corrected chi connectivity index (χ2v) is 15.8. The molecule has 0 aromatic carbocycles. The van der Waals surface area contributed by atoms with Gasteiger partial charge in [0.15, 0.2) is 6.10 Å². The third-order valence-corrected chi connectivity index (χ3v) is 9.17. The summed E-state index contributed by atoms with van der Waals surface area (Å²) in [4.78, 5) is 37.4. The lowest BCUT2D eigenvalue weighted by molar-refractivity contribution is -0.870. The van der Waals surface area contributed by atoms with Crippen LogP contribution < -0.4 is 4.89 Å². The van der Waals surface area contributed by atoms with Crippen molar-refractivity contribution >= 4 is 19.8 Å². The first-order valence-electron chi connectivity index (χ1n) is 19.9. The highest BCUT2D eigenvalue weighted by molar-refractivity contribution is 7.45. The Morgan fingerprint density at radius 2 is 1.12 bits per heavy atom. The van der Waals surface area contributed by atoms with Gasteiger partial charge in [-0.15, -0.1) is 0 Å². The number of rotatable bonds is 35. The van der Waals surface area contributed by atoms with Crippen molar-refractivity contribution in [2.75, 3.05) is 47.5 Å². The summed E-state index contributed by atoms with van der Waals surface area (Å²) >= 11 is 0. The number of phosphoric acid groups is 1. The maximum Gasteiger partial charge on any atom is 0.306 e. The largest absolute Gasteiger partial charge is 0.756 e. The fourth-order valence-electron chi connectivity index (χ4n) is 5.08. The summed E-state index contributed by atoms with van der Waals surface area (Å²) in [6.45, 7) is 4.02. The number of phosphoric ester groups is 1. The molecule has 0 rings (SSSR count). The van der Waals surface area contributed by atoms with E-state index in [1.807, 2.05) is 57.6 Å². The van der Waals surface area contributed by atoms with Gasteiger partial charge in [0, 0.05) is 12.8 Å². The molecule has 0 bridgehead atoms. The minimum absolute atomic E-state index is 0.0396. The SMILES string of the molecule is CC/C=C/C=C/C=C/C=C/CCCCCC(=O)OC(COC(=O)CCCCCCCCCCCCCCCC)COP(=O)([O-])OCC[N+](C)(C)C. The summed E-state index contributed by atoms with van der Waals surface area (Å²) in [6.07, 6.45) is 37.1. The first-order valence-corrected chi connectivity index (χ1v) is 21.4. The van der Waals surface area contributed by atoms with Crippen LogP contribution in [0, 0.1) is 0 Å². The van der Waals surface area contributed by atoms with Gasteiger partial charge in [-0.1, -0.05) is 152 Å². The Balaban J connectivity index is 4.48. The van der Waals surface area contributed by atoms with Gasteiger partial charge in [-0.3, -0.25) is 14.2 Å². The highest BCUT2D eigenvalue weighted by Gasteiger charge is 2.21. The Bertz CT molecular complexity index is 1020. The molecule has 0 heterocycles. The number of esters is 2. The summed E-state index contributed by atoms with van der Waals surface area (Å²) in [6, 6.07) is 0. The molecule has 0 saturated heterocycles. The number of quaternary nitrogens is 1. The molecule has 10 heteroatoms. The van der Waals surface area contributed by atoms with Gasteiger partial charge in [0.1, 0.15) is 19.8 Å². The van der Waals surface area contributed by atoms with Crippen molar-refractivity contribution in [1.29, 1.82) is 0 Å². The van der Waals surface area contributed by atoms with E-state index in [0.29, 0.717) is 17.4 Å². The average Bonchev–Trinajstić information content (AvgIpc) is 3.07. The van der Waals surface area contributed by atoms with E-state index in [0.717, 1.165) is 44.9 Å². The number of hydrogen-bond acceptors (Lipinski definition) is 8. The quantitative estimate of drug-likeness (QED) is 0.0208. The lowest BCUT2D eigenvalue weighted by Crippen LogP contribution is -2.37. The number of allylic oxidation sites excluding steroid dienone is 8. The van der Waals surface area contributed by atoms with E-state index in [-0.39, 0.29) is 26.1 Å². The summed E-state index contributed by atoms with van der Waals surface area (Å²) in [5.41, 5.74) is 0. The molecule has 0 aliphatic carbocycles. The predicted molar refractivity (Wildman–Crippen MR) is 208 cm³/mol. The zero-order valence-corrected chi connectivity index (χ0v) is 33.9. The number of ether oxygens (including phenoxy) is 2. The van der Waals surface area contributed by atoms with Crippen LogP contribution in [0.15, 0.2) is 48.6 Å². The molecule has 0 aromatic rings. The number of hydrogen-bond donors (Lipinski definition) is 0. The number of unbranched alkanes of at least 4 members (excludes halogenated alkanes) is 16. The third kappa shape index (κ3) is 37.5. The predicted octanol–water partition coefficient (Wildman–Crippen LogP) is 10.1. The molecule has 296 valence electrons. The molecule has 2 unspecified atom stereocenters. The Morgan fingerprint density at radius 3 is 1.67 bits per heavy atom. The van der Waals surface area contributed by atoms with Gasteiger partial charge < -0.3 is 27.9 Å². The standard InChI is InChI=1S/C41H74NO8P/c1-6-8-10-12-14-16-18-20-22-23-25-27-29-31-33-40(43)47-37-39(38-49-51(45,46)48-36-35-42(3,4)5)50-41(44)34-32-30-28-26-24-21-19-17-15-13-11-9-7-2/h9,11,13,15,17,19,21,24,39H,6-8,10,12,14,16,18,20,22-23,25-38H2,1-5H3/b11-9+,15-13+,19-17+,24-21+. The van der Waals surface area contributed by atoms with Crippen LogP contribution in [0.1, 0.15) is 149 Å². The van der Waals surface area contributed by atoms with Crippen molar-refractivity contribution in [3.63, 3.8) is 0 Å². The maximum atomic E-state index is 12.6. The van der Waals surface area contributed by atoms with Crippen LogP contribution in [0.4, 0.5) is 0 Å². The number of carbonyl (C=O) groups excluding carboxylic acids is 2. The van der Waals surface area contributed by atoms with Gasteiger partial charge in [-0.2, -0.15) is 0 Å². The van der Waals surface area contributed by atoms with E-state index in [4.69, 9.17) is 18.5 Å². The lowest BCUT2D eigenvalue weighted by Gasteiger charge is -2.28. The van der Waals surface area contributed by atoms with Gasteiger partial charge >= 0.3 is 11.9 Å². The number of carbonyl (C=O) groups is 2. The Hall–Kier alpha value is -2.03. The lowest BCUT2D eigenvalue weighted by atomic mass is 10.0. The van der Waals surface area contributed by atoms with Crippen molar-refractivity contribution in [2.45, 2.75) is 155 Å².